The molecule has 1 nitrogen and oxygen atoms in total. The molecule has 1 heteroatoms. The lowest BCUT2D eigenvalue weighted by Gasteiger charge is -2.10. The number of anilines is 1. The van der Waals surface area contributed by atoms with Crippen molar-refractivity contribution in [1.29, 1.82) is 0 Å². The average molecular weight is 269 g/mol. The van der Waals surface area contributed by atoms with Gasteiger partial charge >= 0.3 is 0 Å². The maximum absolute atomic E-state index is 6.17. The van der Waals surface area contributed by atoms with E-state index in [1.807, 2.05) is 0 Å². The SMILES string of the molecule is CCCCCCCCCc1c(N)ccc2ccccc12. The molecule has 0 aliphatic carbocycles. The highest BCUT2D eigenvalue weighted by Gasteiger charge is 2.04. The summed E-state index contributed by atoms with van der Waals surface area (Å²) in [6, 6.07) is 12.7. The summed E-state index contributed by atoms with van der Waals surface area (Å²) in [4.78, 5) is 0. The number of rotatable bonds is 8. The van der Waals surface area contributed by atoms with Crippen molar-refractivity contribution in [2.24, 2.45) is 0 Å². The molecule has 0 bridgehead atoms. The second kappa shape index (κ2) is 7.94. The van der Waals surface area contributed by atoms with Crippen LogP contribution in [-0.4, -0.2) is 0 Å². The van der Waals surface area contributed by atoms with Gasteiger partial charge in [0.05, 0.1) is 0 Å². The maximum atomic E-state index is 6.17. The third-order valence-corrected chi connectivity index (χ3v) is 4.11. The van der Waals surface area contributed by atoms with Gasteiger partial charge in [0.25, 0.3) is 0 Å². The van der Waals surface area contributed by atoms with Crippen LogP contribution in [0.4, 0.5) is 5.69 Å². The van der Waals surface area contributed by atoms with Gasteiger partial charge in [-0.05, 0) is 35.2 Å². The van der Waals surface area contributed by atoms with Crippen molar-refractivity contribution < 1.29 is 0 Å². The van der Waals surface area contributed by atoms with Crippen LogP contribution in [0.5, 0.6) is 0 Å². The number of benzene rings is 2. The number of aryl methyl sites for hydroxylation is 1. The predicted octanol–water partition coefficient (Wildman–Crippen LogP) is 5.72. The van der Waals surface area contributed by atoms with Crippen molar-refractivity contribution in [2.45, 2.75) is 58.3 Å². The Kier molecular flexibility index (Phi) is 5.91. The van der Waals surface area contributed by atoms with Gasteiger partial charge in [-0.25, -0.2) is 0 Å². The van der Waals surface area contributed by atoms with Crippen LogP contribution in [0.25, 0.3) is 10.8 Å². The highest BCUT2D eigenvalue weighted by Crippen LogP contribution is 2.26. The molecule has 2 aromatic carbocycles. The number of unbranched alkanes of at least 4 members (excludes halogenated alkanes) is 6. The quantitative estimate of drug-likeness (QED) is 0.481. The van der Waals surface area contributed by atoms with Crippen molar-refractivity contribution in [2.75, 3.05) is 5.73 Å². The van der Waals surface area contributed by atoms with Gasteiger partial charge in [0.1, 0.15) is 0 Å². The van der Waals surface area contributed by atoms with Crippen molar-refractivity contribution in [3.05, 3.63) is 42.0 Å². The summed E-state index contributed by atoms with van der Waals surface area (Å²) in [5.74, 6) is 0. The first-order chi connectivity index (χ1) is 9.83. The standard InChI is InChI=1S/C19H27N/c1-2-3-4-5-6-7-8-13-18-17-12-10-9-11-16(17)14-15-19(18)20/h9-12,14-15H,2-8,13,20H2,1H3. The number of nitrogens with two attached hydrogens (primary N) is 1. The van der Waals surface area contributed by atoms with E-state index in [0.29, 0.717) is 0 Å². The van der Waals surface area contributed by atoms with E-state index in [0.717, 1.165) is 12.1 Å². The highest BCUT2D eigenvalue weighted by atomic mass is 14.6. The molecule has 0 atom stereocenters. The van der Waals surface area contributed by atoms with Crippen LogP contribution < -0.4 is 5.73 Å². The van der Waals surface area contributed by atoms with E-state index in [1.54, 1.807) is 0 Å². The van der Waals surface area contributed by atoms with Gasteiger partial charge in [-0.2, -0.15) is 0 Å². The summed E-state index contributed by atoms with van der Waals surface area (Å²) < 4.78 is 0. The fraction of sp³-hybridized carbons (Fsp3) is 0.474. The average Bonchev–Trinajstić information content (AvgIpc) is 2.48. The zero-order valence-electron chi connectivity index (χ0n) is 12.7. The molecule has 0 saturated heterocycles. The zero-order chi connectivity index (χ0) is 14.2. The molecule has 2 N–H and O–H groups in total. The van der Waals surface area contributed by atoms with Gasteiger partial charge in [0, 0.05) is 5.69 Å². The number of hydrogen-bond donors (Lipinski definition) is 1. The Morgan fingerprint density at radius 2 is 1.50 bits per heavy atom. The molecule has 0 radical (unpaired) electrons. The summed E-state index contributed by atoms with van der Waals surface area (Å²) >= 11 is 0. The second-order valence-electron chi connectivity index (χ2n) is 5.73. The van der Waals surface area contributed by atoms with Crippen LogP contribution in [0, 0.1) is 0 Å². The predicted molar refractivity (Wildman–Crippen MR) is 90.1 cm³/mol. The van der Waals surface area contributed by atoms with E-state index in [2.05, 4.69) is 43.3 Å². The van der Waals surface area contributed by atoms with Crippen LogP contribution in [-0.2, 0) is 6.42 Å². The molecule has 0 unspecified atom stereocenters. The Bertz CT molecular complexity index is 530. The molecule has 0 aliphatic heterocycles. The van der Waals surface area contributed by atoms with Crippen LogP contribution in [0.3, 0.4) is 0 Å². The van der Waals surface area contributed by atoms with Crippen LogP contribution in [0.15, 0.2) is 36.4 Å². The molecule has 108 valence electrons. The van der Waals surface area contributed by atoms with Crippen molar-refractivity contribution in [3.63, 3.8) is 0 Å². The molecule has 0 fully saturated rings. The molecule has 20 heavy (non-hydrogen) atoms. The Morgan fingerprint density at radius 1 is 0.800 bits per heavy atom. The summed E-state index contributed by atoms with van der Waals surface area (Å²) in [6.07, 6.45) is 10.6. The van der Waals surface area contributed by atoms with E-state index < -0.39 is 0 Å². The molecule has 0 aromatic heterocycles. The Balaban J connectivity index is 1.88. The van der Waals surface area contributed by atoms with Crippen LogP contribution in [0.1, 0.15) is 57.4 Å². The monoisotopic (exact) mass is 269 g/mol. The van der Waals surface area contributed by atoms with E-state index in [1.165, 1.54) is 61.3 Å². The molecular weight excluding hydrogens is 242 g/mol. The third-order valence-electron chi connectivity index (χ3n) is 4.11. The lowest BCUT2D eigenvalue weighted by molar-refractivity contribution is 0.590. The first-order valence-corrected chi connectivity index (χ1v) is 8.09. The van der Waals surface area contributed by atoms with Gasteiger partial charge in [-0.3, -0.25) is 0 Å². The zero-order valence-corrected chi connectivity index (χ0v) is 12.7. The summed E-state index contributed by atoms with van der Waals surface area (Å²) in [7, 11) is 0. The highest BCUT2D eigenvalue weighted by molar-refractivity contribution is 5.89. The summed E-state index contributed by atoms with van der Waals surface area (Å²) in [5, 5.41) is 2.64. The van der Waals surface area contributed by atoms with E-state index in [-0.39, 0.29) is 0 Å². The molecule has 2 aromatic rings. The van der Waals surface area contributed by atoms with Crippen molar-refractivity contribution in [3.8, 4) is 0 Å². The Labute approximate surface area is 123 Å². The fourth-order valence-corrected chi connectivity index (χ4v) is 2.89. The minimum absolute atomic E-state index is 0.953. The number of nitrogen functional groups attached to an aromatic ring is 1. The molecule has 2 rings (SSSR count). The minimum Gasteiger partial charge on any atom is -0.398 e. The first kappa shape index (κ1) is 14.9. The molecular formula is C19H27N. The Morgan fingerprint density at radius 3 is 2.30 bits per heavy atom. The minimum atomic E-state index is 0.953. The van der Waals surface area contributed by atoms with Crippen LogP contribution in [0.2, 0.25) is 0 Å². The normalized spacial score (nSPS) is 11.1. The van der Waals surface area contributed by atoms with Gasteiger partial charge in [-0.15, -0.1) is 0 Å². The lowest BCUT2D eigenvalue weighted by atomic mass is 9.97. The summed E-state index contributed by atoms with van der Waals surface area (Å²) in [6.45, 7) is 2.27. The molecule has 0 amide bonds. The number of hydrogen-bond acceptors (Lipinski definition) is 1. The molecule has 0 aliphatic rings. The first-order valence-electron chi connectivity index (χ1n) is 8.09. The van der Waals surface area contributed by atoms with Gasteiger partial charge < -0.3 is 5.73 Å². The van der Waals surface area contributed by atoms with Gasteiger partial charge in [0.2, 0.25) is 0 Å². The second-order valence-corrected chi connectivity index (χ2v) is 5.73. The largest absolute Gasteiger partial charge is 0.398 e. The van der Waals surface area contributed by atoms with Crippen molar-refractivity contribution >= 4 is 16.5 Å². The van der Waals surface area contributed by atoms with E-state index >= 15 is 0 Å². The molecule has 0 spiro atoms. The smallest absolute Gasteiger partial charge is 0.0353 e. The fourth-order valence-electron chi connectivity index (χ4n) is 2.89. The number of fused-ring (bicyclic) bond motifs is 1. The van der Waals surface area contributed by atoms with E-state index in [4.69, 9.17) is 5.73 Å². The van der Waals surface area contributed by atoms with Gasteiger partial charge in [-0.1, -0.05) is 75.8 Å². The Hall–Kier alpha value is -1.50. The molecule has 0 saturated carbocycles. The maximum Gasteiger partial charge on any atom is 0.0353 e. The van der Waals surface area contributed by atoms with Crippen LogP contribution >= 0.6 is 0 Å². The summed E-state index contributed by atoms with van der Waals surface area (Å²) in [5.41, 5.74) is 8.46. The lowest BCUT2D eigenvalue weighted by Crippen LogP contribution is -1.96. The van der Waals surface area contributed by atoms with Gasteiger partial charge in [0.15, 0.2) is 0 Å². The molecule has 0 heterocycles. The third kappa shape index (κ3) is 4.00. The topological polar surface area (TPSA) is 26.0 Å². The van der Waals surface area contributed by atoms with Crippen molar-refractivity contribution in [1.82, 2.24) is 0 Å². The van der Waals surface area contributed by atoms with E-state index in [9.17, 15) is 0 Å².